The molecule has 3 aromatic rings. The molecule has 29 heavy (non-hydrogen) atoms. The average molecular weight is 415 g/mol. The number of anilines is 4. The highest BCUT2D eigenvalue weighted by molar-refractivity contribution is 5.85. The van der Waals surface area contributed by atoms with E-state index < -0.39 is 11.9 Å². The van der Waals surface area contributed by atoms with Gasteiger partial charge in [0, 0.05) is 17.6 Å². The first-order chi connectivity index (χ1) is 13.5. The number of aliphatic carboxylic acids is 2. The normalized spacial score (nSPS) is 9.93. The minimum Gasteiger partial charge on any atom is -0.481 e. The van der Waals surface area contributed by atoms with E-state index in [9.17, 15) is 9.59 Å². The molecule has 9 heteroatoms. The zero-order chi connectivity index (χ0) is 19.9. The van der Waals surface area contributed by atoms with Crippen LogP contribution in [0.25, 0.3) is 0 Å². The number of rotatable bonds is 8. The van der Waals surface area contributed by atoms with E-state index in [1.807, 2.05) is 6.07 Å². The molecule has 0 fully saturated rings. The summed E-state index contributed by atoms with van der Waals surface area (Å²) in [6.45, 7) is 0. The van der Waals surface area contributed by atoms with Crippen LogP contribution >= 0.6 is 12.4 Å². The summed E-state index contributed by atoms with van der Waals surface area (Å²) in [6.07, 6.45) is 1.45. The third kappa shape index (κ3) is 6.47. The molecule has 150 valence electrons. The Bertz CT molecular complexity index is 996. The molecule has 0 bridgehead atoms. The van der Waals surface area contributed by atoms with Crippen molar-refractivity contribution in [2.45, 2.75) is 12.8 Å². The maximum atomic E-state index is 11.0. The standard InChI is InChI=1S/C20H18N4O4.ClH/c25-18(26)11-13-5-7-15(8-6-13)22-20-21-10-9-17(24-20)23-16-4-2-1-3-14(16)12-19(27)28;/h1-10H,11-12H2,(H,25,26)(H,27,28)(H2,21,22,23,24);1H. The van der Waals surface area contributed by atoms with Crippen LogP contribution in [-0.2, 0) is 22.4 Å². The molecule has 8 nitrogen and oxygen atoms in total. The molecule has 0 atom stereocenters. The van der Waals surface area contributed by atoms with Crippen LogP contribution in [0.4, 0.5) is 23.1 Å². The van der Waals surface area contributed by atoms with E-state index in [-0.39, 0.29) is 25.2 Å². The Balaban J connectivity index is 0.00000300. The summed E-state index contributed by atoms with van der Waals surface area (Å²) in [5.41, 5.74) is 2.73. The van der Waals surface area contributed by atoms with Crippen LogP contribution in [0.15, 0.2) is 60.8 Å². The van der Waals surface area contributed by atoms with Gasteiger partial charge in [-0.3, -0.25) is 9.59 Å². The lowest BCUT2D eigenvalue weighted by Crippen LogP contribution is -2.05. The number of carbonyl (C=O) groups is 2. The minimum atomic E-state index is -0.911. The van der Waals surface area contributed by atoms with Gasteiger partial charge in [-0.25, -0.2) is 4.98 Å². The Kier molecular flexibility index (Phi) is 7.50. The van der Waals surface area contributed by atoms with E-state index >= 15 is 0 Å². The average Bonchev–Trinajstić information content (AvgIpc) is 2.64. The van der Waals surface area contributed by atoms with Gasteiger partial charge in [-0.05, 0) is 35.4 Å². The second-order valence-corrected chi connectivity index (χ2v) is 6.01. The van der Waals surface area contributed by atoms with Gasteiger partial charge in [0.25, 0.3) is 0 Å². The van der Waals surface area contributed by atoms with Gasteiger partial charge in [0.15, 0.2) is 0 Å². The molecule has 1 aromatic heterocycles. The SMILES string of the molecule is Cl.O=C(O)Cc1ccc(Nc2nccc(Nc3ccccc3CC(=O)O)n2)cc1. The van der Waals surface area contributed by atoms with Crippen molar-refractivity contribution in [2.75, 3.05) is 10.6 Å². The Labute approximate surface area is 173 Å². The number of aromatic nitrogens is 2. The highest BCUT2D eigenvalue weighted by atomic mass is 35.5. The lowest BCUT2D eigenvalue weighted by Gasteiger charge is -2.11. The lowest BCUT2D eigenvalue weighted by molar-refractivity contribution is -0.137. The van der Waals surface area contributed by atoms with Gasteiger partial charge in [0.2, 0.25) is 5.95 Å². The van der Waals surface area contributed by atoms with Gasteiger partial charge in [-0.15, -0.1) is 12.4 Å². The molecule has 3 rings (SSSR count). The fraction of sp³-hybridized carbons (Fsp3) is 0.100. The van der Waals surface area contributed by atoms with Crippen LogP contribution < -0.4 is 10.6 Å². The highest BCUT2D eigenvalue weighted by Crippen LogP contribution is 2.21. The monoisotopic (exact) mass is 414 g/mol. The molecular formula is C20H19ClN4O4. The van der Waals surface area contributed by atoms with Gasteiger partial charge in [-0.1, -0.05) is 30.3 Å². The molecule has 0 spiro atoms. The van der Waals surface area contributed by atoms with Crippen molar-refractivity contribution >= 4 is 47.5 Å². The maximum absolute atomic E-state index is 11.0. The summed E-state index contributed by atoms with van der Waals surface area (Å²) < 4.78 is 0. The summed E-state index contributed by atoms with van der Waals surface area (Å²) >= 11 is 0. The Hall–Kier alpha value is -3.65. The molecule has 4 N–H and O–H groups in total. The van der Waals surface area contributed by atoms with Gasteiger partial charge in [-0.2, -0.15) is 4.98 Å². The molecule has 0 aliphatic rings. The molecule has 1 heterocycles. The number of benzene rings is 2. The number of hydrogen-bond donors (Lipinski definition) is 4. The summed E-state index contributed by atoms with van der Waals surface area (Å²) in [7, 11) is 0. The lowest BCUT2D eigenvalue weighted by atomic mass is 10.1. The second kappa shape index (κ2) is 10.0. The summed E-state index contributed by atoms with van der Waals surface area (Å²) in [6, 6.07) is 15.8. The van der Waals surface area contributed by atoms with Crippen LogP contribution in [0.1, 0.15) is 11.1 Å². The van der Waals surface area contributed by atoms with Crippen LogP contribution in [-0.4, -0.2) is 32.1 Å². The number of hydrogen-bond acceptors (Lipinski definition) is 6. The number of nitrogens with zero attached hydrogens (tertiary/aromatic N) is 2. The highest BCUT2D eigenvalue weighted by Gasteiger charge is 2.08. The number of carboxylic acid groups (broad SMARTS) is 2. The van der Waals surface area contributed by atoms with Crippen molar-refractivity contribution in [1.29, 1.82) is 0 Å². The van der Waals surface area contributed by atoms with E-state index in [2.05, 4.69) is 20.6 Å². The zero-order valence-electron chi connectivity index (χ0n) is 15.2. The zero-order valence-corrected chi connectivity index (χ0v) is 16.0. The molecule has 0 unspecified atom stereocenters. The summed E-state index contributed by atoms with van der Waals surface area (Å²) in [5.74, 6) is -0.929. The fourth-order valence-electron chi connectivity index (χ4n) is 2.60. The van der Waals surface area contributed by atoms with E-state index in [1.54, 1.807) is 54.7 Å². The quantitative estimate of drug-likeness (QED) is 0.440. The van der Waals surface area contributed by atoms with Gasteiger partial charge < -0.3 is 20.8 Å². The van der Waals surface area contributed by atoms with E-state index in [4.69, 9.17) is 10.2 Å². The van der Waals surface area contributed by atoms with Crippen LogP contribution in [0.3, 0.4) is 0 Å². The molecule has 0 saturated heterocycles. The maximum Gasteiger partial charge on any atom is 0.307 e. The van der Waals surface area contributed by atoms with Crippen molar-refractivity contribution in [1.82, 2.24) is 9.97 Å². The Morgan fingerprint density at radius 3 is 2.24 bits per heavy atom. The minimum absolute atomic E-state index is 0. The van der Waals surface area contributed by atoms with E-state index in [0.717, 1.165) is 5.69 Å². The van der Waals surface area contributed by atoms with E-state index in [0.29, 0.717) is 28.6 Å². The number of nitrogens with one attached hydrogen (secondary N) is 2. The first-order valence-corrected chi connectivity index (χ1v) is 8.47. The van der Waals surface area contributed by atoms with Crippen molar-refractivity contribution in [2.24, 2.45) is 0 Å². The fourth-order valence-corrected chi connectivity index (χ4v) is 2.60. The van der Waals surface area contributed by atoms with Crippen LogP contribution in [0.5, 0.6) is 0 Å². The van der Waals surface area contributed by atoms with Crippen molar-refractivity contribution in [3.8, 4) is 0 Å². The Morgan fingerprint density at radius 2 is 1.55 bits per heavy atom. The smallest absolute Gasteiger partial charge is 0.307 e. The first kappa shape index (κ1) is 21.6. The molecule has 0 saturated carbocycles. The number of para-hydroxylation sites is 1. The van der Waals surface area contributed by atoms with Crippen LogP contribution in [0, 0.1) is 0 Å². The topological polar surface area (TPSA) is 124 Å². The van der Waals surface area contributed by atoms with Crippen molar-refractivity contribution in [3.63, 3.8) is 0 Å². The van der Waals surface area contributed by atoms with Crippen molar-refractivity contribution in [3.05, 3.63) is 71.9 Å². The third-order valence-electron chi connectivity index (χ3n) is 3.84. The third-order valence-corrected chi connectivity index (χ3v) is 3.84. The first-order valence-electron chi connectivity index (χ1n) is 8.47. The predicted octanol–water partition coefficient (Wildman–Crippen LogP) is 3.64. The predicted molar refractivity (Wildman–Crippen MR) is 111 cm³/mol. The molecule has 0 aliphatic heterocycles. The molecule has 2 aromatic carbocycles. The summed E-state index contributed by atoms with van der Waals surface area (Å²) in [5, 5.41) is 24.0. The molecular weight excluding hydrogens is 396 g/mol. The van der Waals surface area contributed by atoms with E-state index in [1.165, 1.54) is 0 Å². The van der Waals surface area contributed by atoms with Crippen LogP contribution in [0.2, 0.25) is 0 Å². The molecule has 0 amide bonds. The number of carboxylic acids is 2. The van der Waals surface area contributed by atoms with Gasteiger partial charge in [0.05, 0.1) is 12.8 Å². The van der Waals surface area contributed by atoms with Crippen molar-refractivity contribution < 1.29 is 19.8 Å². The molecule has 0 radical (unpaired) electrons. The van der Waals surface area contributed by atoms with Gasteiger partial charge in [0.1, 0.15) is 5.82 Å². The molecule has 0 aliphatic carbocycles. The second-order valence-electron chi connectivity index (χ2n) is 6.01. The Morgan fingerprint density at radius 1 is 0.862 bits per heavy atom. The van der Waals surface area contributed by atoms with Gasteiger partial charge >= 0.3 is 11.9 Å². The number of halogens is 1. The largest absolute Gasteiger partial charge is 0.481 e. The summed E-state index contributed by atoms with van der Waals surface area (Å²) in [4.78, 5) is 30.3.